The van der Waals surface area contributed by atoms with Crippen LogP contribution in [-0.2, 0) is 13.5 Å². The third-order valence-electron chi connectivity index (χ3n) is 4.09. The number of benzene rings is 2. The average Bonchev–Trinajstić information content (AvgIpc) is 2.90. The van der Waals surface area contributed by atoms with Crippen molar-refractivity contribution in [1.82, 2.24) is 9.88 Å². The maximum Gasteiger partial charge on any atom is 0.251 e. The van der Waals surface area contributed by atoms with Gasteiger partial charge >= 0.3 is 0 Å². The maximum atomic E-state index is 12.2. The molecule has 0 aliphatic carbocycles. The summed E-state index contributed by atoms with van der Waals surface area (Å²) in [4.78, 5) is 12.2. The van der Waals surface area contributed by atoms with Crippen molar-refractivity contribution >= 4 is 16.8 Å². The number of phenols is 1. The summed E-state index contributed by atoms with van der Waals surface area (Å²) in [5, 5.41) is 13.6. The molecule has 5 heteroatoms. The topological polar surface area (TPSA) is 63.5 Å². The molecule has 0 spiro atoms. The van der Waals surface area contributed by atoms with Crippen LogP contribution in [0.25, 0.3) is 10.9 Å². The number of rotatable bonds is 5. The molecule has 2 aromatic carbocycles. The highest BCUT2D eigenvalue weighted by molar-refractivity contribution is 5.94. The van der Waals surface area contributed by atoms with Gasteiger partial charge in [-0.3, -0.25) is 4.79 Å². The van der Waals surface area contributed by atoms with E-state index in [0.717, 1.165) is 22.2 Å². The van der Waals surface area contributed by atoms with Crippen LogP contribution in [0.2, 0.25) is 0 Å². The normalized spacial score (nSPS) is 10.8. The van der Waals surface area contributed by atoms with Gasteiger partial charge in [-0.2, -0.15) is 0 Å². The summed E-state index contributed by atoms with van der Waals surface area (Å²) in [6, 6.07) is 12.3. The molecular formula is C19H20N2O3. The third-order valence-corrected chi connectivity index (χ3v) is 4.09. The average molecular weight is 324 g/mol. The molecule has 0 aliphatic heterocycles. The van der Waals surface area contributed by atoms with Crippen molar-refractivity contribution in [3.05, 3.63) is 59.8 Å². The monoisotopic (exact) mass is 324 g/mol. The number of ether oxygens (including phenoxy) is 1. The largest absolute Gasteiger partial charge is 0.508 e. The smallest absolute Gasteiger partial charge is 0.251 e. The number of aromatic hydroxyl groups is 1. The van der Waals surface area contributed by atoms with Crippen molar-refractivity contribution < 1.29 is 14.6 Å². The summed E-state index contributed by atoms with van der Waals surface area (Å²) in [6.45, 7) is 0.527. The molecule has 2 N–H and O–H groups in total. The van der Waals surface area contributed by atoms with Crippen LogP contribution in [0.4, 0.5) is 0 Å². The van der Waals surface area contributed by atoms with E-state index in [4.69, 9.17) is 4.74 Å². The fourth-order valence-corrected chi connectivity index (χ4v) is 2.82. The summed E-state index contributed by atoms with van der Waals surface area (Å²) in [5.41, 5.74) is 2.76. The van der Waals surface area contributed by atoms with E-state index in [1.54, 1.807) is 43.5 Å². The molecule has 0 fully saturated rings. The zero-order chi connectivity index (χ0) is 17.1. The molecule has 0 radical (unpaired) electrons. The highest BCUT2D eigenvalue weighted by Gasteiger charge is 2.09. The Balaban J connectivity index is 1.65. The molecule has 0 aliphatic rings. The number of methoxy groups -OCH3 is 1. The molecule has 0 atom stereocenters. The second-order valence-corrected chi connectivity index (χ2v) is 5.70. The lowest BCUT2D eigenvalue weighted by molar-refractivity contribution is 0.0954. The third kappa shape index (κ3) is 3.20. The highest BCUT2D eigenvalue weighted by Crippen LogP contribution is 2.25. The van der Waals surface area contributed by atoms with Crippen LogP contribution in [0.5, 0.6) is 11.5 Å². The predicted molar refractivity (Wildman–Crippen MR) is 93.6 cm³/mol. The Kier molecular flexibility index (Phi) is 4.42. The molecule has 1 aromatic heterocycles. The zero-order valence-corrected chi connectivity index (χ0v) is 13.7. The number of hydrogen-bond acceptors (Lipinski definition) is 3. The number of nitrogens with one attached hydrogen (secondary N) is 1. The first kappa shape index (κ1) is 15.9. The van der Waals surface area contributed by atoms with Crippen molar-refractivity contribution in [2.75, 3.05) is 13.7 Å². The molecule has 0 bridgehead atoms. The zero-order valence-electron chi connectivity index (χ0n) is 13.7. The Labute approximate surface area is 140 Å². The van der Waals surface area contributed by atoms with Gasteiger partial charge in [0, 0.05) is 36.3 Å². The summed E-state index contributed by atoms with van der Waals surface area (Å²) < 4.78 is 7.11. The predicted octanol–water partition coefficient (Wildman–Crippen LogP) is 2.87. The van der Waals surface area contributed by atoms with Gasteiger partial charge < -0.3 is 19.7 Å². The SMILES string of the molecule is COc1ccc(C(=O)NCCc2cn(C)c3ccc(O)cc23)cc1. The lowest BCUT2D eigenvalue weighted by atomic mass is 10.1. The first-order valence-electron chi connectivity index (χ1n) is 7.77. The van der Waals surface area contributed by atoms with Gasteiger partial charge in [0.05, 0.1) is 7.11 Å². The summed E-state index contributed by atoms with van der Waals surface area (Å²) in [5.74, 6) is 0.861. The van der Waals surface area contributed by atoms with Gasteiger partial charge in [0.25, 0.3) is 5.91 Å². The van der Waals surface area contributed by atoms with Crippen molar-refractivity contribution in [2.45, 2.75) is 6.42 Å². The van der Waals surface area contributed by atoms with Crippen LogP contribution in [0.3, 0.4) is 0 Å². The van der Waals surface area contributed by atoms with Crippen LogP contribution >= 0.6 is 0 Å². The van der Waals surface area contributed by atoms with Crippen molar-refractivity contribution in [3.8, 4) is 11.5 Å². The lowest BCUT2D eigenvalue weighted by Gasteiger charge is -2.06. The number of carbonyl (C=O) groups is 1. The number of nitrogens with zero attached hydrogens (tertiary/aromatic N) is 1. The molecule has 124 valence electrons. The molecule has 1 amide bonds. The van der Waals surface area contributed by atoms with Crippen molar-refractivity contribution in [3.63, 3.8) is 0 Å². The minimum Gasteiger partial charge on any atom is -0.508 e. The number of amides is 1. The van der Waals surface area contributed by atoms with E-state index in [-0.39, 0.29) is 11.7 Å². The van der Waals surface area contributed by atoms with E-state index >= 15 is 0 Å². The van der Waals surface area contributed by atoms with E-state index in [2.05, 4.69) is 5.32 Å². The fraction of sp³-hybridized carbons (Fsp3) is 0.211. The number of carbonyl (C=O) groups excluding carboxylic acids is 1. The highest BCUT2D eigenvalue weighted by atomic mass is 16.5. The summed E-state index contributed by atoms with van der Waals surface area (Å²) in [6.07, 6.45) is 2.73. The number of fused-ring (bicyclic) bond motifs is 1. The van der Waals surface area contributed by atoms with E-state index in [0.29, 0.717) is 18.5 Å². The quantitative estimate of drug-likeness (QED) is 0.758. The van der Waals surface area contributed by atoms with Crippen LogP contribution in [-0.4, -0.2) is 29.2 Å². The van der Waals surface area contributed by atoms with Gasteiger partial charge in [0.1, 0.15) is 11.5 Å². The molecule has 0 saturated heterocycles. The minimum atomic E-state index is -0.110. The first-order chi connectivity index (χ1) is 11.6. The summed E-state index contributed by atoms with van der Waals surface area (Å²) >= 11 is 0. The lowest BCUT2D eigenvalue weighted by Crippen LogP contribution is -2.25. The Bertz CT molecular complexity index is 866. The van der Waals surface area contributed by atoms with Crippen LogP contribution < -0.4 is 10.1 Å². The van der Waals surface area contributed by atoms with Crippen LogP contribution in [0, 0.1) is 0 Å². The second-order valence-electron chi connectivity index (χ2n) is 5.70. The van der Waals surface area contributed by atoms with Gasteiger partial charge in [0.2, 0.25) is 0 Å². The minimum absolute atomic E-state index is 0.110. The van der Waals surface area contributed by atoms with Gasteiger partial charge in [-0.15, -0.1) is 0 Å². The second kappa shape index (κ2) is 6.66. The van der Waals surface area contributed by atoms with Gasteiger partial charge in [-0.25, -0.2) is 0 Å². The van der Waals surface area contributed by atoms with Crippen molar-refractivity contribution in [2.24, 2.45) is 7.05 Å². The van der Waals surface area contributed by atoms with E-state index in [1.165, 1.54) is 0 Å². The number of hydrogen-bond donors (Lipinski definition) is 2. The molecule has 0 saturated carbocycles. The Morgan fingerprint density at radius 2 is 1.96 bits per heavy atom. The van der Waals surface area contributed by atoms with Gasteiger partial charge in [0.15, 0.2) is 0 Å². The van der Waals surface area contributed by atoms with E-state index in [1.807, 2.05) is 23.9 Å². The van der Waals surface area contributed by atoms with Gasteiger partial charge in [-0.1, -0.05) is 0 Å². The summed E-state index contributed by atoms with van der Waals surface area (Å²) in [7, 11) is 3.57. The number of aryl methyl sites for hydroxylation is 1. The fourth-order valence-electron chi connectivity index (χ4n) is 2.82. The molecule has 1 heterocycles. The molecule has 5 nitrogen and oxygen atoms in total. The maximum absolute atomic E-state index is 12.2. The molecule has 3 aromatic rings. The number of aromatic nitrogens is 1. The molecular weight excluding hydrogens is 304 g/mol. The molecule has 3 rings (SSSR count). The molecule has 0 unspecified atom stereocenters. The number of phenolic OH excluding ortho intramolecular Hbond substituents is 1. The Morgan fingerprint density at radius 1 is 1.21 bits per heavy atom. The molecule has 24 heavy (non-hydrogen) atoms. The Hall–Kier alpha value is -2.95. The Morgan fingerprint density at radius 3 is 2.67 bits per heavy atom. The van der Waals surface area contributed by atoms with Crippen molar-refractivity contribution in [1.29, 1.82) is 0 Å². The van der Waals surface area contributed by atoms with E-state index < -0.39 is 0 Å². The van der Waals surface area contributed by atoms with E-state index in [9.17, 15) is 9.90 Å². The van der Waals surface area contributed by atoms with Gasteiger partial charge in [-0.05, 0) is 54.4 Å². The standard InChI is InChI=1S/C19H20N2O3/c1-21-12-14(17-11-15(22)5-8-18(17)21)9-10-20-19(23)13-3-6-16(24-2)7-4-13/h3-8,11-12,22H,9-10H2,1-2H3,(H,20,23). The van der Waals surface area contributed by atoms with Crippen LogP contribution in [0.1, 0.15) is 15.9 Å². The first-order valence-corrected chi connectivity index (χ1v) is 7.77. The van der Waals surface area contributed by atoms with Crippen LogP contribution in [0.15, 0.2) is 48.7 Å².